The van der Waals surface area contributed by atoms with Crippen LogP contribution in [0.4, 0.5) is 0 Å². The molecular formula is C17H24N2O3. The van der Waals surface area contributed by atoms with Crippen LogP contribution in [0.25, 0.3) is 0 Å². The molecule has 5 heteroatoms. The standard InChI is InChI=1S/C17H24N2O3/c1-3-18-17(21)15-6-4-5-13(10-15)9-14-11-16(20)19(12-14)7-8-22-2/h4-6,10,14H,3,7-9,11-12H2,1-2H3,(H,18,21). The predicted octanol–water partition coefficient (Wildman–Crippen LogP) is 1.47. The fraction of sp³-hybridized carbons (Fsp3) is 0.529. The van der Waals surface area contributed by atoms with E-state index in [2.05, 4.69) is 5.32 Å². The molecule has 1 N–H and O–H groups in total. The van der Waals surface area contributed by atoms with Crippen LogP contribution >= 0.6 is 0 Å². The van der Waals surface area contributed by atoms with E-state index in [9.17, 15) is 9.59 Å². The van der Waals surface area contributed by atoms with Crippen molar-refractivity contribution >= 4 is 11.8 Å². The Labute approximate surface area is 131 Å². The fourth-order valence-electron chi connectivity index (χ4n) is 2.84. The summed E-state index contributed by atoms with van der Waals surface area (Å²) in [6, 6.07) is 7.66. The summed E-state index contributed by atoms with van der Waals surface area (Å²) in [5, 5.41) is 2.80. The molecule has 0 bridgehead atoms. The minimum Gasteiger partial charge on any atom is -0.383 e. The molecule has 0 aromatic heterocycles. The highest BCUT2D eigenvalue weighted by Crippen LogP contribution is 2.22. The van der Waals surface area contributed by atoms with Gasteiger partial charge in [-0.15, -0.1) is 0 Å². The second kappa shape index (κ2) is 7.94. The monoisotopic (exact) mass is 304 g/mol. The van der Waals surface area contributed by atoms with E-state index in [-0.39, 0.29) is 11.8 Å². The van der Waals surface area contributed by atoms with Gasteiger partial charge in [0.05, 0.1) is 6.61 Å². The first-order chi connectivity index (χ1) is 10.6. The number of carbonyl (C=O) groups excluding carboxylic acids is 2. The number of nitrogens with one attached hydrogen (secondary N) is 1. The molecule has 120 valence electrons. The molecule has 1 atom stereocenters. The first kappa shape index (κ1) is 16.5. The van der Waals surface area contributed by atoms with Crippen LogP contribution in [0.3, 0.4) is 0 Å². The number of amides is 2. The predicted molar refractivity (Wildman–Crippen MR) is 84.7 cm³/mol. The molecule has 0 radical (unpaired) electrons. The Morgan fingerprint density at radius 1 is 1.45 bits per heavy atom. The van der Waals surface area contributed by atoms with E-state index in [4.69, 9.17) is 4.74 Å². The number of carbonyl (C=O) groups is 2. The van der Waals surface area contributed by atoms with E-state index in [0.717, 1.165) is 18.5 Å². The molecule has 1 aromatic rings. The van der Waals surface area contributed by atoms with Crippen molar-refractivity contribution in [3.63, 3.8) is 0 Å². The number of ether oxygens (including phenoxy) is 1. The van der Waals surface area contributed by atoms with Gasteiger partial charge in [0, 0.05) is 38.7 Å². The number of likely N-dealkylation sites (tertiary alicyclic amines) is 1. The summed E-state index contributed by atoms with van der Waals surface area (Å²) in [6.07, 6.45) is 1.40. The van der Waals surface area contributed by atoms with Crippen LogP contribution in [-0.2, 0) is 16.0 Å². The average molecular weight is 304 g/mol. The maximum Gasteiger partial charge on any atom is 0.251 e. The minimum absolute atomic E-state index is 0.0476. The molecule has 22 heavy (non-hydrogen) atoms. The molecule has 1 unspecified atom stereocenters. The van der Waals surface area contributed by atoms with Gasteiger partial charge in [-0.2, -0.15) is 0 Å². The first-order valence-corrected chi connectivity index (χ1v) is 7.78. The Hall–Kier alpha value is -1.88. The van der Waals surface area contributed by atoms with E-state index in [0.29, 0.717) is 37.6 Å². The lowest BCUT2D eigenvalue weighted by molar-refractivity contribution is -0.128. The van der Waals surface area contributed by atoms with E-state index in [1.54, 1.807) is 7.11 Å². The largest absolute Gasteiger partial charge is 0.383 e. The lowest BCUT2D eigenvalue weighted by atomic mass is 9.97. The van der Waals surface area contributed by atoms with Gasteiger partial charge in [0.25, 0.3) is 5.91 Å². The summed E-state index contributed by atoms with van der Waals surface area (Å²) < 4.78 is 5.03. The normalized spacial score (nSPS) is 17.8. The zero-order chi connectivity index (χ0) is 15.9. The van der Waals surface area contributed by atoms with Crippen LogP contribution in [-0.4, -0.2) is 50.1 Å². The van der Waals surface area contributed by atoms with Gasteiger partial charge in [0.15, 0.2) is 0 Å². The number of hydrogen-bond acceptors (Lipinski definition) is 3. The van der Waals surface area contributed by atoms with Crippen LogP contribution in [0.2, 0.25) is 0 Å². The van der Waals surface area contributed by atoms with Crippen molar-refractivity contribution < 1.29 is 14.3 Å². The molecule has 0 spiro atoms. The summed E-state index contributed by atoms with van der Waals surface area (Å²) in [4.78, 5) is 25.7. The number of hydrogen-bond donors (Lipinski definition) is 1. The van der Waals surface area contributed by atoms with Crippen molar-refractivity contribution in [1.29, 1.82) is 0 Å². The lowest BCUT2D eigenvalue weighted by Gasteiger charge is -2.16. The highest BCUT2D eigenvalue weighted by atomic mass is 16.5. The molecule has 1 fully saturated rings. The maximum atomic E-state index is 11.9. The highest BCUT2D eigenvalue weighted by molar-refractivity contribution is 5.94. The van der Waals surface area contributed by atoms with Crippen LogP contribution in [0, 0.1) is 5.92 Å². The molecule has 5 nitrogen and oxygen atoms in total. The Morgan fingerprint density at radius 3 is 3.00 bits per heavy atom. The highest BCUT2D eigenvalue weighted by Gasteiger charge is 2.29. The van der Waals surface area contributed by atoms with Gasteiger partial charge in [-0.3, -0.25) is 9.59 Å². The van der Waals surface area contributed by atoms with E-state index in [1.165, 1.54) is 0 Å². The number of nitrogens with zero attached hydrogens (tertiary/aromatic N) is 1. The zero-order valence-electron chi connectivity index (χ0n) is 13.3. The summed E-state index contributed by atoms with van der Waals surface area (Å²) in [5.74, 6) is 0.462. The SMILES string of the molecule is CCNC(=O)c1cccc(CC2CC(=O)N(CCOC)C2)c1. The lowest BCUT2D eigenvalue weighted by Crippen LogP contribution is -2.28. The topological polar surface area (TPSA) is 58.6 Å². The van der Waals surface area contributed by atoms with Crippen molar-refractivity contribution in [1.82, 2.24) is 10.2 Å². The van der Waals surface area contributed by atoms with Crippen molar-refractivity contribution in [2.24, 2.45) is 5.92 Å². The van der Waals surface area contributed by atoms with E-state index >= 15 is 0 Å². The molecular weight excluding hydrogens is 280 g/mol. The third-order valence-electron chi connectivity index (χ3n) is 3.91. The zero-order valence-corrected chi connectivity index (χ0v) is 13.3. The Balaban J connectivity index is 1.95. The van der Waals surface area contributed by atoms with Gasteiger partial charge in [0.1, 0.15) is 0 Å². The molecule has 1 saturated heterocycles. The number of methoxy groups -OCH3 is 1. The molecule has 0 aliphatic carbocycles. The summed E-state index contributed by atoms with van der Waals surface area (Å²) >= 11 is 0. The fourth-order valence-corrected chi connectivity index (χ4v) is 2.84. The Morgan fingerprint density at radius 2 is 2.27 bits per heavy atom. The number of benzene rings is 1. The van der Waals surface area contributed by atoms with E-state index in [1.807, 2.05) is 36.1 Å². The molecule has 1 aromatic carbocycles. The van der Waals surface area contributed by atoms with Gasteiger partial charge in [0.2, 0.25) is 5.91 Å². The molecule has 2 rings (SSSR count). The van der Waals surface area contributed by atoms with Gasteiger partial charge in [-0.1, -0.05) is 12.1 Å². The molecule has 1 aliphatic heterocycles. The summed E-state index contributed by atoms with van der Waals surface area (Å²) in [5.41, 5.74) is 1.79. The average Bonchev–Trinajstić information content (AvgIpc) is 2.85. The van der Waals surface area contributed by atoms with Crippen LogP contribution in [0.15, 0.2) is 24.3 Å². The van der Waals surface area contributed by atoms with Crippen LogP contribution < -0.4 is 5.32 Å². The first-order valence-electron chi connectivity index (χ1n) is 7.78. The second-order valence-electron chi connectivity index (χ2n) is 5.67. The van der Waals surface area contributed by atoms with Crippen LogP contribution in [0.5, 0.6) is 0 Å². The summed E-state index contributed by atoms with van der Waals surface area (Å²) in [7, 11) is 1.64. The van der Waals surface area contributed by atoms with Crippen molar-refractivity contribution in [3.8, 4) is 0 Å². The number of rotatable bonds is 7. The molecule has 0 saturated carbocycles. The third kappa shape index (κ3) is 4.31. The van der Waals surface area contributed by atoms with Gasteiger partial charge < -0.3 is 15.0 Å². The van der Waals surface area contributed by atoms with Crippen molar-refractivity contribution in [2.45, 2.75) is 19.8 Å². The summed E-state index contributed by atoms with van der Waals surface area (Å²) in [6.45, 7) is 4.53. The third-order valence-corrected chi connectivity index (χ3v) is 3.91. The Bertz CT molecular complexity index is 530. The van der Waals surface area contributed by atoms with Gasteiger partial charge in [-0.05, 0) is 37.0 Å². The maximum absolute atomic E-state index is 11.9. The van der Waals surface area contributed by atoms with Gasteiger partial charge >= 0.3 is 0 Å². The quantitative estimate of drug-likeness (QED) is 0.830. The molecule has 1 heterocycles. The Kier molecular flexibility index (Phi) is 5.95. The van der Waals surface area contributed by atoms with Gasteiger partial charge in [-0.25, -0.2) is 0 Å². The second-order valence-corrected chi connectivity index (χ2v) is 5.67. The van der Waals surface area contributed by atoms with Crippen molar-refractivity contribution in [2.75, 3.05) is 33.4 Å². The molecule has 2 amide bonds. The van der Waals surface area contributed by atoms with E-state index < -0.39 is 0 Å². The molecule has 1 aliphatic rings. The minimum atomic E-state index is -0.0476. The smallest absolute Gasteiger partial charge is 0.251 e. The van der Waals surface area contributed by atoms with Crippen LogP contribution in [0.1, 0.15) is 29.3 Å². The van der Waals surface area contributed by atoms with Crippen molar-refractivity contribution in [3.05, 3.63) is 35.4 Å².